The number of quaternary nitrogens is 1. The Balaban J connectivity index is 1.74. The normalized spacial score (nSPS) is 11.9. The molecule has 2 rings (SSSR count). The molecule has 3 N–H and O–H groups in total. The summed E-state index contributed by atoms with van der Waals surface area (Å²) in [7, 11) is 0. The highest BCUT2D eigenvalue weighted by Crippen LogP contribution is 2.24. The van der Waals surface area contributed by atoms with Crippen molar-refractivity contribution >= 4 is 0 Å². The molecular weight excluding hydrogens is 278 g/mol. The predicted molar refractivity (Wildman–Crippen MR) is 86.4 cm³/mol. The molecule has 118 valence electrons. The smallest absolute Gasteiger partial charge is 0.131 e. The number of nitrogens with two attached hydrogens (primary N) is 1. The topological polar surface area (TPSA) is 55.3 Å². The zero-order valence-electron chi connectivity index (χ0n) is 12.9. The van der Waals surface area contributed by atoms with E-state index in [0.29, 0.717) is 6.61 Å². The highest BCUT2D eigenvalue weighted by molar-refractivity contribution is 5.36. The molecule has 1 atom stereocenters. The van der Waals surface area contributed by atoms with Gasteiger partial charge in [0.15, 0.2) is 0 Å². The average Bonchev–Trinajstić information content (AvgIpc) is 2.52. The lowest BCUT2D eigenvalue weighted by Crippen LogP contribution is -2.86. The third-order valence-corrected chi connectivity index (χ3v) is 3.11. The van der Waals surface area contributed by atoms with Crippen LogP contribution >= 0.6 is 0 Å². The predicted octanol–water partition coefficient (Wildman–Crippen LogP) is 2.19. The molecule has 0 aromatic heterocycles. The van der Waals surface area contributed by atoms with Gasteiger partial charge in [0, 0.05) is 12.5 Å². The number of para-hydroxylation sites is 1. The summed E-state index contributed by atoms with van der Waals surface area (Å²) in [5.41, 5.74) is 0. The molecule has 0 saturated carbocycles. The van der Waals surface area contributed by atoms with Crippen molar-refractivity contribution in [3.05, 3.63) is 54.6 Å². The van der Waals surface area contributed by atoms with E-state index in [0.717, 1.165) is 36.8 Å². The van der Waals surface area contributed by atoms with Gasteiger partial charge in [0.25, 0.3) is 0 Å². The number of hydrogen-bond donors (Lipinski definition) is 2. The lowest BCUT2D eigenvalue weighted by Gasteiger charge is -2.09. The summed E-state index contributed by atoms with van der Waals surface area (Å²) < 4.78 is 11.5. The Hall–Kier alpha value is -2.04. The fraction of sp³-hybridized carbons (Fsp3) is 0.333. The van der Waals surface area contributed by atoms with Gasteiger partial charge in [-0.25, -0.2) is 0 Å². The summed E-state index contributed by atoms with van der Waals surface area (Å²) >= 11 is 0. The van der Waals surface area contributed by atoms with Crippen LogP contribution in [-0.2, 0) is 0 Å². The van der Waals surface area contributed by atoms with E-state index in [2.05, 4.69) is 5.32 Å². The van der Waals surface area contributed by atoms with Crippen LogP contribution in [0.5, 0.6) is 17.2 Å². The molecular formula is C18H24NO3+. The largest absolute Gasteiger partial charge is 0.493 e. The number of rotatable bonds is 9. The minimum absolute atomic E-state index is 0.257. The number of benzene rings is 2. The van der Waals surface area contributed by atoms with Crippen molar-refractivity contribution in [3.8, 4) is 17.2 Å². The van der Waals surface area contributed by atoms with Crippen LogP contribution in [0.25, 0.3) is 0 Å². The van der Waals surface area contributed by atoms with Gasteiger partial charge in [-0.05, 0) is 31.2 Å². The summed E-state index contributed by atoms with van der Waals surface area (Å²) in [5.74, 6) is 2.39. The molecule has 0 aliphatic carbocycles. The van der Waals surface area contributed by atoms with Gasteiger partial charge in [0.05, 0.1) is 19.3 Å². The second-order valence-electron chi connectivity index (χ2n) is 5.25. The molecule has 0 saturated heterocycles. The van der Waals surface area contributed by atoms with E-state index in [1.807, 2.05) is 54.6 Å². The Morgan fingerprint density at radius 2 is 1.73 bits per heavy atom. The first-order valence-electron chi connectivity index (χ1n) is 7.69. The summed E-state index contributed by atoms with van der Waals surface area (Å²) in [6.07, 6.45) is 0.684. The first-order valence-corrected chi connectivity index (χ1v) is 7.69. The molecule has 0 unspecified atom stereocenters. The molecule has 0 radical (unpaired) electrons. The lowest BCUT2D eigenvalue weighted by molar-refractivity contribution is -0.660. The molecule has 2 aromatic rings. The third-order valence-electron chi connectivity index (χ3n) is 3.11. The van der Waals surface area contributed by atoms with Crippen molar-refractivity contribution in [2.45, 2.75) is 19.4 Å². The van der Waals surface area contributed by atoms with Crippen molar-refractivity contribution < 1.29 is 19.9 Å². The molecule has 4 nitrogen and oxygen atoms in total. The highest BCUT2D eigenvalue weighted by Gasteiger charge is 2.01. The Kier molecular flexibility index (Phi) is 6.74. The molecule has 4 heteroatoms. The molecule has 0 bridgehead atoms. The van der Waals surface area contributed by atoms with Gasteiger partial charge in [0.1, 0.15) is 23.8 Å². The standard InChI is InChI=1S/C18H23NO3/c1-15(20)14-19-11-6-12-21-17-9-5-10-18(13-17)22-16-7-3-2-4-8-16/h2-5,7-10,13,15,19-20H,6,11-12,14H2,1H3/p+1/t15-/m1/s1. The Bertz CT molecular complexity index is 543. The zero-order chi connectivity index (χ0) is 15.6. The van der Waals surface area contributed by atoms with Gasteiger partial charge >= 0.3 is 0 Å². The second-order valence-corrected chi connectivity index (χ2v) is 5.25. The fourth-order valence-electron chi connectivity index (χ4n) is 2.03. The van der Waals surface area contributed by atoms with Crippen LogP contribution in [0.15, 0.2) is 54.6 Å². The maximum atomic E-state index is 9.16. The van der Waals surface area contributed by atoms with Crippen LogP contribution in [0.3, 0.4) is 0 Å². The molecule has 2 aromatic carbocycles. The fourth-order valence-corrected chi connectivity index (χ4v) is 2.03. The quantitative estimate of drug-likeness (QED) is 0.698. The maximum Gasteiger partial charge on any atom is 0.131 e. The summed E-state index contributed by atoms with van der Waals surface area (Å²) in [5, 5.41) is 11.3. The summed E-state index contributed by atoms with van der Waals surface area (Å²) in [6, 6.07) is 17.4. The Labute approximate surface area is 131 Å². The van der Waals surface area contributed by atoms with E-state index < -0.39 is 0 Å². The average molecular weight is 302 g/mol. The Morgan fingerprint density at radius 1 is 1.00 bits per heavy atom. The van der Waals surface area contributed by atoms with E-state index in [4.69, 9.17) is 14.6 Å². The minimum atomic E-state index is -0.257. The van der Waals surface area contributed by atoms with E-state index >= 15 is 0 Å². The molecule has 0 spiro atoms. The summed E-state index contributed by atoms with van der Waals surface area (Å²) in [6.45, 7) is 4.14. The maximum absolute atomic E-state index is 9.16. The lowest BCUT2D eigenvalue weighted by atomic mass is 10.3. The van der Waals surface area contributed by atoms with Crippen molar-refractivity contribution in [2.24, 2.45) is 0 Å². The number of ether oxygens (including phenoxy) is 2. The van der Waals surface area contributed by atoms with Gasteiger partial charge in [0.2, 0.25) is 0 Å². The molecule has 0 heterocycles. The first-order chi connectivity index (χ1) is 10.7. The Morgan fingerprint density at radius 3 is 2.50 bits per heavy atom. The van der Waals surface area contributed by atoms with Crippen LogP contribution in [0.4, 0.5) is 0 Å². The molecule has 0 amide bonds. The monoisotopic (exact) mass is 302 g/mol. The molecule has 0 fully saturated rings. The van der Waals surface area contributed by atoms with Gasteiger partial charge in [-0.1, -0.05) is 24.3 Å². The van der Waals surface area contributed by atoms with Crippen LogP contribution in [0.2, 0.25) is 0 Å². The van der Waals surface area contributed by atoms with Crippen molar-refractivity contribution in [3.63, 3.8) is 0 Å². The van der Waals surface area contributed by atoms with Crippen LogP contribution in [-0.4, -0.2) is 30.9 Å². The first kappa shape index (κ1) is 16.3. The highest BCUT2D eigenvalue weighted by atomic mass is 16.5. The minimum Gasteiger partial charge on any atom is -0.493 e. The number of hydrogen-bond acceptors (Lipinski definition) is 3. The van der Waals surface area contributed by atoms with Gasteiger partial charge in [-0.15, -0.1) is 0 Å². The van der Waals surface area contributed by atoms with Crippen molar-refractivity contribution in [1.82, 2.24) is 0 Å². The van der Waals surface area contributed by atoms with Gasteiger partial charge < -0.3 is 19.9 Å². The summed E-state index contributed by atoms with van der Waals surface area (Å²) in [4.78, 5) is 0. The van der Waals surface area contributed by atoms with Crippen LogP contribution in [0.1, 0.15) is 13.3 Å². The van der Waals surface area contributed by atoms with E-state index in [1.165, 1.54) is 0 Å². The molecule has 0 aliphatic rings. The molecule has 22 heavy (non-hydrogen) atoms. The van der Waals surface area contributed by atoms with E-state index in [-0.39, 0.29) is 6.10 Å². The third kappa shape index (κ3) is 6.16. The molecule has 0 aliphatic heterocycles. The van der Waals surface area contributed by atoms with E-state index in [9.17, 15) is 0 Å². The van der Waals surface area contributed by atoms with Crippen molar-refractivity contribution in [1.29, 1.82) is 0 Å². The zero-order valence-corrected chi connectivity index (χ0v) is 12.9. The van der Waals surface area contributed by atoms with Gasteiger partial charge in [-0.3, -0.25) is 0 Å². The van der Waals surface area contributed by atoms with Crippen molar-refractivity contribution in [2.75, 3.05) is 19.7 Å². The number of aliphatic hydroxyl groups is 1. The van der Waals surface area contributed by atoms with Crippen LogP contribution in [0, 0.1) is 0 Å². The van der Waals surface area contributed by atoms with E-state index in [1.54, 1.807) is 6.92 Å². The second kappa shape index (κ2) is 9.07. The number of aliphatic hydroxyl groups excluding tert-OH is 1. The van der Waals surface area contributed by atoms with Crippen LogP contribution < -0.4 is 14.8 Å². The van der Waals surface area contributed by atoms with Gasteiger partial charge in [-0.2, -0.15) is 0 Å². The SMILES string of the molecule is C[C@@H](O)C[NH2+]CCCOc1cccc(Oc2ccccc2)c1.